The van der Waals surface area contributed by atoms with E-state index in [1.165, 1.54) is 0 Å². The average Bonchev–Trinajstić information content (AvgIpc) is 2.39. The molecule has 1 aromatic carbocycles. The summed E-state index contributed by atoms with van der Waals surface area (Å²) < 4.78 is 31.5. The third-order valence-electron chi connectivity index (χ3n) is 3.11. The highest BCUT2D eigenvalue weighted by molar-refractivity contribution is 7.89. The third kappa shape index (κ3) is 2.50. The zero-order valence-corrected chi connectivity index (χ0v) is 11.4. The smallest absolute Gasteiger partial charge is 0.243 e. The van der Waals surface area contributed by atoms with Crippen molar-refractivity contribution < 1.29 is 13.2 Å². The Bertz CT molecular complexity index is 499. The molecule has 100 valence electrons. The molecule has 0 amide bonds. The van der Waals surface area contributed by atoms with Gasteiger partial charge in [-0.3, -0.25) is 0 Å². The van der Waals surface area contributed by atoms with Crippen molar-refractivity contribution in [2.75, 3.05) is 26.7 Å². The maximum Gasteiger partial charge on any atom is 0.243 e. The van der Waals surface area contributed by atoms with Gasteiger partial charge in [0.05, 0.1) is 12.0 Å². The number of benzene rings is 1. The largest absolute Gasteiger partial charge is 0.497 e. The average molecular weight is 270 g/mol. The Kier molecular flexibility index (Phi) is 3.89. The summed E-state index contributed by atoms with van der Waals surface area (Å²) in [5.74, 6) is 0.655. The van der Waals surface area contributed by atoms with Crippen molar-refractivity contribution in [3.05, 3.63) is 24.3 Å². The van der Waals surface area contributed by atoms with Crippen LogP contribution in [0.2, 0.25) is 0 Å². The maximum absolute atomic E-state index is 12.5. The van der Waals surface area contributed by atoms with Gasteiger partial charge in [-0.2, -0.15) is 4.31 Å². The Morgan fingerprint density at radius 1 is 1.33 bits per heavy atom. The van der Waals surface area contributed by atoms with Crippen LogP contribution in [-0.4, -0.2) is 45.5 Å². The molecule has 18 heavy (non-hydrogen) atoms. The number of nitrogens with one attached hydrogen (secondary N) is 1. The number of ether oxygens (including phenoxy) is 1. The first-order chi connectivity index (χ1) is 8.55. The molecule has 0 spiro atoms. The van der Waals surface area contributed by atoms with E-state index in [-0.39, 0.29) is 6.04 Å². The second-order valence-electron chi connectivity index (χ2n) is 4.34. The summed E-state index contributed by atoms with van der Waals surface area (Å²) in [5.41, 5.74) is 0. The number of rotatable bonds is 3. The molecule has 6 heteroatoms. The molecule has 1 atom stereocenters. The van der Waals surface area contributed by atoms with E-state index in [4.69, 9.17) is 4.74 Å². The van der Waals surface area contributed by atoms with Gasteiger partial charge in [0.15, 0.2) is 0 Å². The van der Waals surface area contributed by atoms with E-state index in [1.807, 2.05) is 6.92 Å². The van der Waals surface area contributed by atoms with Gasteiger partial charge in [0.25, 0.3) is 0 Å². The van der Waals surface area contributed by atoms with Gasteiger partial charge in [-0.25, -0.2) is 8.42 Å². The van der Waals surface area contributed by atoms with Crippen LogP contribution in [0.3, 0.4) is 0 Å². The van der Waals surface area contributed by atoms with Crippen molar-refractivity contribution in [3.63, 3.8) is 0 Å². The zero-order chi connectivity index (χ0) is 13.2. The SMILES string of the molecule is COc1ccc(S(=O)(=O)N2CCNC[C@@H]2C)cc1. The number of methoxy groups -OCH3 is 1. The molecular weight excluding hydrogens is 252 g/mol. The molecule has 1 aliphatic rings. The van der Waals surface area contributed by atoms with Crippen LogP contribution in [0.15, 0.2) is 29.2 Å². The van der Waals surface area contributed by atoms with Gasteiger partial charge in [0, 0.05) is 25.7 Å². The van der Waals surface area contributed by atoms with Gasteiger partial charge in [0.2, 0.25) is 10.0 Å². The molecular formula is C12H18N2O3S. The highest BCUT2D eigenvalue weighted by atomic mass is 32.2. The van der Waals surface area contributed by atoms with Gasteiger partial charge in [-0.05, 0) is 31.2 Å². The van der Waals surface area contributed by atoms with Gasteiger partial charge in [-0.15, -0.1) is 0 Å². The van der Waals surface area contributed by atoms with Crippen LogP contribution < -0.4 is 10.1 Å². The van der Waals surface area contributed by atoms with E-state index in [0.717, 1.165) is 0 Å². The van der Waals surface area contributed by atoms with Gasteiger partial charge in [-0.1, -0.05) is 0 Å². The second kappa shape index (κ2) is 5.26. The number of piperazine rings is 1. The van der Waals surface area contributed by atoms with Crippen LogP contribution >= 0.6 is 0 Å². The van der Waals surface area contributed by atoms with Crippen molar-refractivity contribution in [2.45, 2.75) is 17.9 Å². The molecule has 1 saturated heterocycles. The van der Waals surface area contributed by atoms with E-state index >= 15 is 0 Å². The van der Waals surface area contributed by atoms with Crippen molar-refractivity contribution in [1.82, 2.24) is 9.62 Å². The van der Waals surface area contributed by atoms with Crippen molar-refractivity contribution in [3.8, 4) is 5.75 Å². The Morgan fingerprint density at radius 3 is 2.56 bits per heavy atom. The monoisotopic (exact) mass is 270 g/mol. The fourth-order valence-corrected chi connectivity index (χ4v) is 3.69. The van der Waals surface area contributed by atoms with Crippen LogP contribution in [0.1, 0.15) is 6.92 Å². The summed E-state index contributed by atoms with van der Waals surface area (Å²) in [6, 6.07) is 6.48. The Labute approximate surface area is 108 Å². The lowest BCUT2D eigenvalue weighted by Gasteiger charge is -2.32. The molecule has 1 aliphatic heterocycles. The summed E-state index contributed by atoms with van der Waals surface area (Å²) >= 11 is 0. The lowest BCUT2D eigenvalue weighted by Crippen LogP contribution is -2.52. The molecule has 1 fully saturated rings. The van der Waals surface area contributed by atoms with Gasteiger partial charge >= 0.3 is 0 Å². The van der Waals surface area contributed by atoms with E-state index in [2.05, 4.69) is 5.32 Å². The first kappa shape index (κ1) is 13.3. The van der Waals surface area contributed by atoms with Crippen molar-refractivity contribution >= 4 is 10.0 Å². The quantitative estimate of drug-likeness (QED) is 0.877. The molecule has 0 bridgehead atoms. The minimum atomic E-state index is -3.40. The molecule has 0 aliphatic carbocycles. The lowest BCUT2D eigenvalue weighted by molar-refractivity contribution is 0.284. The van der Waals surface area contributed by atoms with Crippen LogP contribution in [0.4, 0.5) is 0 Å². The minimum absolute atomic E-state index is 0.0224. The van der Waals surface area contributed by atoms with E-state index in [1.54, 1.807) is 35.7 Å². The predicted octanol–water partition coefficient (Wildman–Crippen LogP) is 0.678. The Morgan fingerprint density at radius 2 is 2.00 bits per heavy atom. The molecule has 1 heterocycles. The van der Waals surface area contributed by atoms with Crippen LogP contribution in [0, 0.1) is 0 Å². The first-order valence-corrected chi connectivity index (χ1v) is 7.36. The normalized spacial score (nSPS) is 21.8. The van der Waals surface area contributed by atoms with E-state index in [0.29, 0.717) is 30.3 Å². The summed E-state index contributed by atoms with van der Waals surface area (Å²) in [7, 11) is -1.84. The number of nitrogens with zero attached hydrogens (tertiary/aromatic N) is 1. The third-order valence-corrected chi connectivity index (χ3v) is 5.13. The second-order valence-corrected chi connectivity index (χ2v) is 6.23. The van der Waals surface area contributed by atoms with E-state index in [9.17, 15) is 8.42 Å². The highest BCUT2D eigenvalue weighted by Gasteiger charge is 2.30. The number of sulfonamides is 1. The first-order valence-electron chi connectivity index (χ1n) is 5.92. The summed E-state index contributed by atoms with van der Waals surface area (Å²) in [5, 5.41) is 3.18. The zero-order valence-electron chi connectivity index (χ0n) is 10.6. The molecule has 0 aromatic heterocycles. The number of hydrogen-bond donors (Lipinski definition) is 1. The summed E-state index contributed by atoms with van der Waals surface area (Å²) in [6.07, 6.45) is 0. The van der Waals surface area contributed by atoms with Crippen LogP contribution in [-0.2, 0) is 10.0 Å². The molecule has 2 rings (SSSR count). The molecule has 0 saturated carbocycles. The highest BCUT2D eigenvalue weighted by Crippen LogP contribution is 2.21. The fraction of sp³-hybridized carbons (Fsp3) is 0.500. The van der Waals surface area contributed by atoms with Crippen LogP contribution in [0.25, 0.3) is 0 Å². The van der Waals surface area contributed by atoms with Gasteiger partial charge in [0.1, 0.15) is 5.75 Å². The van der Waals surface area contributed by atoms with Crippen molar-refractivity contribution in [2.24, 2.45) is 0 Å². The van der Waals surface area contributed by atoms with E-state index < -0.39 is 10.0 Å². The summed E-state index contributed by atoms with van der Waals surface area (Å²) in [6.45, 7) is 3.80. The standard InChI is InChI=1S/C12H18N2O3S/c1-10-9-13-7-8-14(10)18(15,16)12-5-3-11(17-2)4-6-12/h3-6,10,13H,7-9H2,1-2H3/t10-/m0/s1. The topological polar surface area (TPSA) is 58.6 Å². The summed E-state index contributed by atoms with van der Waals surface area (Å²) in [4.78, 5) is 0.317. The van der Waals surface area contributed by atoms with Gasteiger partial charge < -0.3 is 10.1 Å². The maximum atomic E-state index is 12.5. The minimum Gasteiger partial charge on any atom is -0.497 e. The molecule has 1 aromatic rings. The molecule has 0 unspecified atom stereocenters. The lowest BCUT2D eigenvalue weighted by atomic mass is 10.3. The van der Waals surface area contributed by atoms with Crippen LogP contribution in [0.5, 0.6) is 5.75 Å². The fourth-order valence-electron chi connectivity index (χ4n) is 2.06. The Hall–Kier alpha value is -1.11. The Balaban J connectivity index is 2.28. The molecule has 5 nitrogen and oxygen atoms in total. The van der Waals surface area contributed by atoms with Crippen molar-refractivity contribution in [1.29, 1.82) is 0 Å². The molecule has 0 radical (unpaired) electrons. The predicted molar refractivity (Wildman–Crippen MR) is 69.2 cm³/mol. The molecule has 1 N–H and O–H groups in total. The number of hydrogen-bond acceptors (Lipinski definition) is 4.